The van der Waals surface area contributed by atoms with Crippen molar-refractivity contribution in [1.29, 1.82) is 0 Å². The van der Waals surface area contributed by atoms with Gasteiger partial charge < -0.3 is 9.47 Å². The van der Waals surface area contributed by atoms with Gasteiger partial charge in [-0.1, -0.05) is 30.3 Å². The van der Waals surface area contributed by atoms with E-state index in [4.69, 9.17) is 16.3 Å². The lowest BCUT2D eigenvalue weighted by Gasteiger charge is -2.12. The summed E-state index contributed by atoms with van der Waals surface area (Å²) in [4.78, 5) is 0. The molecule has 5 heteroatoms. The van der Waals surface area contributed by atoms with Crippen molar-refractivity contribution >= 4 is 11.6 Å². The van der Waals surface area contributed by atoms with Crippen LogP contribution in [0, 0.1) is 0 Å². The molecule has 2 aromatic carbocycles. The second kappa shape index (κ2) is 6.00. The molecule has 0 saturated carbocycles. The average molecular weight is 311 g/mol. The topological polar surface area (TPSA) is 18.5 Å². The minimum atomic E-state index is -2.82. The first-order valence-electron chi connectivity index (χ1n) is 6.52. The van der Waals surface area contributed by atoms with Crippen molar-refractivity contribution < 1.29 is 18.3 Å². The molecule has 1 aliphatic heterocycles. The van der Waals surface area contributed by atoms with Gasteiger partial charge in [-0.15, -0.1) is 11.6 Å². The van der Waals surface area contributed by atoms with Crippen molar-refractivity contribution in [3.63, 3.8) is 0 Å². The molecule has 0 fully saturated rings. The third-order valence-corrected chi connectivity index (χ3v) is 3.94. The quantitative estimate of drug-likeness (QED) is 0.766. The second-order valence-electron chi connectivity index (χ2n) is 4.83. The highest BCUT2D eigenvalue weighted by Crippen LogP contribution is 2.32. The molecule has 0 aromatic heterocycles. The molecule has 1 atom stereocenters. The van der Waals surface area contributed by atoms with Crippen molar-refractivity contribution in [1.82, 2.24) is 0 Å². The van der Waals surface area contributed by atoms with Crippen molar-refractivity contribution in [3.8, 4) is 5.75 Å². The Hall–Kier alpha value is -1.65. The van der Waals surface area contributed by atoms with E-state index in [1.807, 2.05) is 18.2 Å². The number of hydrogen-bond acceptors (Lipinski definition) is 2. The van der Waals surface area contributed by atoms with Crippen LogP contribution >= 0.6 is 11.6 Å². The Balaban J connectivity index is 1.79. The van der Waals surface area contributed by atoms with Crippen LogP contribution in [-0.2, 0) is 18.0 Å². The lowest BCUT2D eigenvalue weighted by molar-refractivity contribution is -0.0498. The molecule has 3 rings (SSSR count). The van der Waals surface area contributed by atoms with Crippen LogP contribution in [0.15, 0.2) is 42.5 Å². The Morgan fingerprint density at radius 3 is 2.33 bits per heavy atom. The van der Waals surface area contributed by atoms with Crippen LogP contribution < -0.4 is 4.74 Å². The Labute approximate surface area is 126 Å². The molecule has 0 spiro atoms. The van der Waals surface area contributed by atoms with Gasteiger partial charge in [0.25, 0.3) is 0 Å². The number of rotatable bonds is 4. The van der Waals surface area contributed by atoms with E-state index in [2.05, 4.69) is 4.74 Å². The Morgan fingerprint density at radius 1 is 0.952 bits per heavy atom. The molecule has 0 aliphatic carbocycles. The molecule has 0 radical (unpaired) electrons. The lowest BCUT2D eigenvalue weighted by Crippen LogP contribution is -2.02. The fourth-order valence-electron chi connectivity index (χ4n) is 2.36. The van der Waals surface area contributed by atoms with Gasteiger partial charge >= 0.3 is 6.61 Å². The maximum absolute atomic E-state index is 12.1. The summed E-state index contributed by atoms with van der Waals surface area (Å²) in [5.41, 5.74) is 4.12. The van der Waals surface area contributed by atoms with Gasteiger partial charge in [-0.05, 0) is 34.4 Å². The highest BCUT2D eigenvalue weighted by atomic mass is 35.5. The number of fused-ring (bicyclic) bond motifs is 1. The van der Waals surface area contributed by atoms with Gasteiger partial charge in [-0.3, -0.25) is 0 Å². The van der Waals surface area contributed by atoms with E-state index in [1.165, 1.54) is 17.7 Å². The summed E-state index contributed by atoms with van der Waals surface area (Å²) >= 11 is 6.46. The first kappa shape index (κ1) is 14.3. The van der Waals surface area contributed by atoms with Gasteiger partial charge in [-0.25, -0.2) is 0 Å². The van der Waals surface area contributed by atoms with Crippen molar-refractivity contribution in [2.24, 2.45) is 0 Å². The summed E-state index contributed by atoms with van der Waals surface area (Å²) in [6.07, 6.45) is 0. The fraction of sp³-hybridized carbons (Fsp3) is 0.250. The van der Waals surface area contributed by atoms with Crippen LogP contribution in [-0.4, -0.2) is 6.61 Å². The molecule has 1 unspecified atom stereocenters. The molecule has 110 valence electrons. The predicted molar refractivity (Wildman–Crippen MR) is 75.7 cm³/mol. The lowest BCUT2D eigenvalue weighted by atomic mass is 10.00. The first-order valence-corrected chi connectivity index (χ1v) is 6.95. The minimum absolute atomic E-state index is 0.125. The maximum atomic E-state index is 12.1. The zero-order valence-electron chi connectivity index (χ0n) is 11.1. The molecule has 0 amide bonds. The second-order valence-corrected chi connectivity index (χ2v) is 5.27. The average Bonchev–Trinajstić information content (AvgIpc) is 2.94. The SMILES string of the molecule is FC(F)Oc1ccc(C(Cl)c2ccc3c(c2)COC3)cc1. The standard InChI is InChI=1S/C16H13ClF2O2/c17-15(10-3-5-14(6-4-10)21-16(18)19)11-1-2-12-8-20-9-13(12)7-11/h1-7,15-16H,8-9H2. The summed E-state index contributed by atoms with van der Waals surface area (Å²) in [5, 5.41) is -0.337. The molecule has 0 N–H and O–H groups in total. The number of alkyl halides is 3. The van der Waals surface area contributed by atoms with Crippen LogP contribution in [0.5, 0.6) is 5.75 Å². The molecule has 2 aromatic rings. The minimum Gasteiger partial charge on any atom is -0.435 e. The highest BCUT2D eigenvalue weighted by molar-refractivity contribution is 6.22. The van der Waals surface area contributed by atoms with E-state index in [0.717, 1.165) is 16.7 Å². The number of ether oxygens (including phenoxy) is 2. The summed E-state index contributed by atoms with van der Waals surface area (Å²) in [5.74, 6) is 0.125. The van der Waals surface area contributed by atoms with Gasteiger partial charge in [0.05, 0.1) is 18.6 Å². The monoisotopic (exact) mass is 310 g/mol. The van der Waals surface area contributed by atoms with E-state index < -0.39 is 6.61 Å². The van der Waals surface area contributed by atoms with Gasteiger partial charge in [0.15, 0.2) is 0 Å². The highest BCUT2D eigenvalue weighted by Gasteiger charge is 2.16. The number of halogens is 3. The Morgan fingerprint density at radius 2 is 1.62 bits per heavy atom. The van der Waals surface area contributed by atoms with Gasteiger partial charge in [-0.2, -0.15) is 8.78 Å². The maximum Gasteiger partial charge on any atom is 0.387 e. The van der Waals surface area contributed by atoms with Crippen molar-refractivity contribution in [2.45, 2.75) is 25.2 Å². The molecule has 21 heavy (non-hydrogen) atoms. The normalized spacial score (nSPS) is 15.0. The predicted octanol–water partition coefficient (Wildman–Crippen LogP) is 4.65. The molecule has 2 nitrogen and oxygen atoms in total. The van der Waals surface area contributed by atoms with E-state index in [9.17, 15) is 8.78 Å². The van der Waals surface area contributed by atoms with Crippen molar-refractivity contribution in [3.05, 3.63) is 64.7 Å². The van der Waals surface area contributed by atoms with Crippen LogP contribution in [0.4, 0.5) is 8.78 Å². The van der Waals surface area contributed by atoms with Crippen LogP contribution in [0.1, 0.15) is 27.6 Å². The van der Waals surface area contributed by atoms with E-state index in [-0.39, 0.29) is 11.1 Å². The molecular formula is C16H13ClF2O2. The number of hydrogen-bond donors (Lipinski definition) is 0. The first-order chi connectivity index (χ1) is 10.1. The summed E-state index contributed by atoms with van der Waals surface area (Å²) in [6.45, 7) is -1.57. The molecule has 0 saturated heterocycles. The molecular weight excluding hydrogens is 298 g/mol. The zero-order valence-corrected chi connectivity index (χ0v) is 11.8. The Kier molecular flexibility index (Phi) is 4.08. The molecule has 0 bridgehead atoms. The van der Waals surface area contributed by atoms with Crippen LogP contribution in [0.3, 0.4) is 0 Å². The molecule has 1 heterocycles. The third kappa shape index (κ3) is 3.17. The van der Waals surface area contributed by atoms with Gasteiger partial charge in [0, 0.05) is 0 Å². The van der Waals surface area contributed by atoms with E-state index >= 15 is 0 Å². The third-order valence-electron chi connectivity index (χ3n) is 3.44. The largest absolute Gasteiger partial charge is 0.435 e. The number of benzene rings is 2. The summed E-state index contributed by atoms with van der Waals surface area (Å²) in [6, 6.07) is 12.4. The smallest absolute Gasteiger partial charge is 0.387 e. The fourth-order valence-corrected chi connectivity index (χ4v) is 2.64. The molecule has 1 aliphatic rings. The van der Waals surface area contributed by atoms with Crippen LogP contribution in [0.2, 0.25) is 0 Å². The van der Waals surface area contributed by atoms with Crippen molar-refractivity contribution in [2.75, 3.05) is 0 Å². The zero-order chi connectivity index (χ0) is 14.8. The van der Waals surface area contributed by atoms with E-state index in [0.29, 0.717) is 13.2 Å². The van der Waals surface area contributed by atoms with Crippen LogP contribution in [0.25, 0.3) is 0 Å². The van der Waals surface area contributed by atoms with Gasteiger partial charge in [0.1, 0.15) is 5.75 Å². The Bertz CT molecular complexity index is 629. The van der Waals surface area contributed by atoms with Gasteiger partial charge in [0.2, 0.25) is 0 Å². The summed E-state index contributed by atoms with van der Waals surface area (Å²) in [7, 11) is 0. The summed E-state index contributed by atoms with van der Waals surface area (Å²) < 4.78 is 33.9. The van der Waals surface area contributed by atoms with E-state index in [1.54, 1.807) is 12.1 Å².